The molecule has 1 aliphatic rings. The largest absolute Gasteiger partial charge is 0.306 e. The standard InChI is InChI=1S/C18H14FN3O2/c1-11(23)12-2-4-16-13(8-12)6-7-22(16)18(24)15-10-21-9-14(19)3-5-17(21)20-15/h2-5,8-10H,6-7H2,1H3. The Kier molecular flexibility index (Phi) is 3.19. The first kappa shape index (κ1) is 14.6. The predicted octanol–water partition coefficient (Wildman–Crippen LogP) is 2.88. The Hall–Kier alpha value is -3.02. The lowest BCUT2D eigenvalue weighted by molar-refractivity contribution is 0.0983. The second kappa shape index (κ2) is 5.26. The minimum atomic E-state index is -0.387. The Bertz CT molecular complexity index is 993. The molecule has 2 aromatic heterocycles. The number of aromatic nitrogens is 2. The van der Waals surface area contributed by atoms with Gasteiger partial charge >= 0.3 is 0 Å². The smallest absolute Gasteiger partial charge is 0.278 e. The van der Waals surface area contributed by atoms with E-state index in [0.717, 1.165) is 11.3 Å². The highest BCUT2D eigenvalue weighted by Crippen LogP contribution is 2.30. The van der Waals surface area contributed by atoms with E-state index in [1.807, 2.05) is 6.07 Å². The van der Waals surface area contributed by atoms with Gasteiger partial charge in [0.1, 0.15) is 17.2 Å². The van der Waals surface area contributed by atoms with Gasteiger partial charge in [-0.15, -0.1) is 0 Å². The van der Waals surface area contributed by atoms with Crippen LogP contribution in [0, 0.1) is 5.82 Å². The third-order valence-electron chi connectivity index (χ3n) is 4.26. The van der Waals surface area contributed by atoms with Crippen molar-refractivity contribution in [3.63, 3.8) is 0 Å². The molecular formula is C18H14FN3O2. The van der Waals surface area contributed by atoms with Crippen molar-refractivity contribution in [2.24, 2.45) is 0 Å². The molecule has 120 valence electrons. The average molecular weight is 323 g/mol. The molecule has 3 aromatic rings. The summed E-state index contributed by atoms with van der Waals surface area (Å²) in [5.74, 6) is -0.611. The molecule has 4 rings (SSSR count). The molecule has 0 fully saturated rings. The van der Waals surface area contributed by atoms with E-state index in [2.05, 4.69) is 4.98 Å². The van der Waals surface area contributed by atoms with Crippen molar-refractivity contribution < 1.29 is 14.0 Å². The van der Waals surface area contributed by atoms with Crippen LogP contribution >= 0.6 is 0 Å². The first-order valence-electron chi connectivity index (χ1n) is 7.63. The average Bonchev–Trinajstić information content (AvgIpc) is 3.16. The summed E-state index contributed by atoms with van der Waals surface area (Å²) < 4.78 is 14.8. The SMILES string of the molecule is CC(=O)c1ccc2c(c1)CCN2C(=O)c1cn2cc(F)ccc2n1. The predicted molar refractivity (Wildman–Crippen MR) is 87.0 cm³/mol. The van der Waals surface area contributed by atoms with E-state index in [-0.39, 0.29) is 23.2 Å². The fourth-order valence-corrected chi connectivity index (χ4v) is 3.04. The maximum Gasteiger partial charge on any atom is 0.278 e. The molecule has 24 heavy (non-hydrogen) atoms. The van der Waals surface area contributed by atoms with Crippen LogP contribution in [0.25, 0.3) is 5.65 Å². The first-order valence-corrected chi connectivity index (χ1v) is 7.63. The zero-order chi connectivity index (χ0) is 16.8. The van der Waals surface area contributed by atoms with Crippen LogP contribution in [-0.4, -0.2) is 27.6 Å². The lowest BCUT2D eigenvalue weighted by atomic mass is 10.1. The zero-order valence-corrected chi connectivity index (χ0v) is 13.0. The molecule has 0 saturated heterocycles. The summed E-state index contributed by atoms with van der Waals surface area (Å²) in [7, 11) is 0. The Labute approximate surface area is 137 Å². The van der Waals surface area contributed by atoms with E-state index in [4.69, 9.17) is 0 Å². The van der Waals surface area contributed by atoms with E-state index in [1.165, 1.54) is 35.9 Å². The highest BCUT2D eigenvalue weighted by Gasteiger charge is 2.27. The van der Waals surface area contributed by atoms with E-state index < -0.39 is 0 Å². The molecule has 3 heterocycles. The normalized spacial score (nSPS) is 13.3. The van der Waals surface area contributed by atoms with Crippen molar-refractivity contribution in [1.82, 2.24) is 9.38 Å². The van der Waals surface area contributed by atoms with Gasteiger partial charge in [-0.2, -0.15) is 0 Å². The molecule has 0 spiro atoms. The molecule has 5 nitrogen and oxygen atoms in total. The van der Waals surface area contributed by atoms with Crippen LogP contribution in [0.3, 0.4) is 0 Å². The molecule has 0 saturated carbocycles. The molecule has 0 aliphatic carbocycles. The molecule has 0 radical (unpaired) electrons. The molecule has 0 bridgehead atoms. The number of halogens is 1. The van der Waals surface area contributed by atoms with Crippen LogP contribution < -0.4 is 4.90 Å². The fraction of sp³-hybridized carbons (Fsp3) is 0.167. The van der Waals surface area contributed by atoms with Gasteiger partial charge in [-0.05, 0) is 49.2 Å². The van der Waals surface area contributed by atoms with Gasteiger partial charge in [-0.3, -0.25) is 9.59 Å². The minimum Gasteiger partial charge on any atom is -0.306 e. The van der Waals surface area contributed by atoms with Crippen molar-refractivity contribution >= 4 is 23.0 Å². The number of fused-ring (bicyclic) bond motifs is 2. The summed E-state index contributed by atoms with van der Waals surface area (Å²) in [5, 5.41) is 0. The van der Waals surface area contributed by atoms with Gasteiger partial charge in [0.15, 0.2) is 5.78 Å². The van der Waals surface area contributed by atoms with E-state index in [0.29, 0.717) is 24.2 Å². The molecule has 6 heteroatoms. The third kappa shape index (κ3) is 2.27. The van der Waals surface area contributed by atoms with Crippen LogP contribution in [0.5, 0.6) is 0 Å². The number of carbonyl (C=O) groups excluding carboxylic acids is 2. The second-order valence-corrected chi connectivity index (χ2v) is 5.85. The van der Waals surface area contributed by atoms with Crippen LogP contribution in [0.15, 0.2) is 42.7 Å². The number of anilines is 1. The monoisotopic (exact) mass is 323 g/mol. The van der Waals surface area contributed by atoms with Gasteiger partial charge in [-0.25, -0.2) is 9.37 Å². The van der Waals surface area contributed by atoms with Crippen molar-refractivity contribution in [2.45, 2.75) is 13.3 Å². The van der Waals surface area contributed by atoms with Crippen LogP contribution in [0.1, 0.15) is 33.3 Å². The number of hydrogen-bond acceptors (Lipinski definition) is 3. The van der Waals surface area contributed by atoms with Crippen molar-refractivity contribution in [3.8, 4) is 0 Å². The minimum absolute atomic E-state index is 0.00459. The number of nitrogens with zero attached hydrogens (tertiary/aromatic N) is 3. The van der Waals surface area contributed by atoms with Crippen LogP contribution in [0.2, 0.25) is 0 Å². The Morgan fingerprint density at radius 3 is 2.79 bits per heavy atom. The molecule has 0 N–H and O–H groups in total. The molecule has 0 unspecified atom stereocenters. The number of rotatable bonds is 2. The number of imidazole rings is 1. The van der Waals surface area contributed by atoms with Gasteiger partial charge in [0, 0.05) is 30.2 Å². The lowest BCUT2D eigenvalue weighted by Gasteiger charge is -2.16. The van der Waals surface area contributed by atoms with Gasteiger partial charge in [0.2, 0.25) is 0 Å². The second-order valence-electron chi connectivity index (χ2n) is 5.85. The molecular weight excluding hydrogens is 309 g/mol. The Balaban J connectivity index is 1.69. The number of benzene rings is 1. The Morgan fingerprint density at radius 1 is 1.17 bits per heavy atom. The van der Waals surface area contributed by atoms with E-state index in [1.54, 1.807) is 17.0 Å². The molecule has 1 aliphatic heterocycles. The van der Waals surface area contributed by atoms with Crippen LogP contribution in [0.4, 0.5) is 10.1 Å². The quantitative estimate of drug-likeness (QED) is 0.682. The summed E-state index contributed by atoms with van der Waals surface area (Å²) in [6.45, 7) is 2.06. The summed E-state index contributed by atoms with van der Waals surface area (Å²) in [4.78, 5) is 30.2. The van der Waals surface area contributed by atoms with Crippen molar-refractivity contribution in [3.05, 3.63) is 65.4 Å². The topological polar surface area (TPSA) is 54.7 Å². The maximum absolute atomic E-state index is 13.3. The fourth-order valence-electron chi connectivity index (χ4n) is 3.04. The van der Waals surface area contributed by atoms with Crippen molar-refractivity contribution in [2.75, 3.05) is 11.4 Å². The summed E-state index contributed by atoms with van der Waals surface area (Å²) in [6, 6.07) is 8.20. The van der Waals surface area contributed by atoms with Gasteiger partial charge < -0.3 is 9.30 Å². The molecule has 1 aromatic carbocycles. The van der Waals surface area contributed by atoms with Gasteiger partial charge in [-0.1, -0.05) is 0 Å². The summed E-state index contributed by atoms with van der Waals surface area (Å²) in [6.07, 6.45) is 3.52. The summed E-state index contributed by atoms with van der Waals surface area (Å²) in [5.41, 5.74) is 3.21. The zero-order valence-electron chi connectivity index (χ0n) is 13.0. The highest BCUT2D eigenvalue weighted by molar-refractivity contribution is 6.06. The number of carbonyl (C=O) groups is 2. The van der Waals surface area contributed by atoms with Crippen LogP contribution in [-0.2, 0) is 6.42 Å². The van der Waals surface area contributed by atoms with Gasteiger partial charge in [0.25, 0.3) is 5.91 Å². The number of Topliss-reactive ketones (excluding diaryl/α,β-unsaturated/α-hetero) is 1. The molecule has 1 amide bonds. The maximum atomic E-state index is 13.3. The summed E-state index contributed by atoms with van der Waals surface area (Å²) >= 11 is 0. The number of ketones is 1. The van der Waals surface area contributed by atoms with E-state index in [9.17, 15) is 14.0 Å². The highest BCUT2D eigenvalue weighted by atomic mass is 19.1. The third-order valence-corrected chi connectivity index (χ3v) is 4.26. The number of hydrogen-bond donors (Lipinski definition) is 0. The molecule has 0 atom stereocenters. The number of pyridine rings is 1. The Morgan fingerprint density at radius 2 is 2.00 bits per heavy atom. The number of amides is 1. The first-order chi connectivity index (χ1) is 11.5. The lowest BCUT2D eigenvalue weighted by Crippen LogP contribution is -2.29. The van der Waals surface area contributed by atoms with Crippen molar-refractivity contribution in [1.29, 1.82) is 0 Å². The van der Waals surface area contributed by atoms with E-state index >= 15 is 0 Å². The van der Waals surface area contributed by atoms with Gasteiger partial charge in [0.05, 0.1) is 0 Å².